The summed E-state index contributed by atoms with van der Waals surface area (Å²) in [5, 5.41) is 0. The molecule has 2 saturated carbocycles. The predicted molar refractivity (Wildman–Crippen MR) is 82.5 cm³/mol. The molecule has 116 valence electrons. The van der Waals surface area contributed by atoms with Gasteiger partial charge in [0.05, 0.1) is 5.41 Å². The van der Waals surface area contributed by atoms with Gasteiger partial charge in [0.1, 0.15) is 5.60 Å². The minimum absolute atomic E-state index is 0.00780. The SMILES string of the molecule is CCC(C)(C)C(=O)OC(CC)(CC)C12CCC(CC1)C2. The van der Waals surface area contributed by atoms with E-state index in [1.807, 2.05) is 13.8 Å². The lowest BCUT2D eigenvalue weighted by Gasteiger charge is -2.47. The van der Waals surface area contributed by atoms with Gasteiger partial charge in [-0.3, -0.25) is 4.79 Å². The average Bonchev–Trinajstić information content (AvgIpc) is 3.06. The highest BCUT2D eigenvalue weighted by Crippen LogP contribution is 2.62. The smallest absolute Gasteiger partial charge is 0.312 e. The van der Waals surface area contributed by atoms with Crippen LogP contribution in [0.1, 0.15) is 86.0 Å². The maximum absolute atomic E-state index is 12.6. The quantitative estimate of drug-likeness (QED) is 0.632. The van der Waals surface area contributed by atoms with Gasteiger partial charge in [-0.2, -0.15) is 0 Å². The molecule has 0 saturated heterocycles. The lowest BCUT2D eigenvalue weighted by Crippen LogP contribution is -2.50. The van der Waals surface area contributed by atoms with Crippen LogP contribution >= 0.6 is 0 Å². The lowest BCUT2D eigenvalue weighted by atomic mass is 9.66. The predicted octanol–water partition coefficient (Wildman–Crippen LogP) is 5.10. The number of rotatable bonds is 6. The Morgan fingerprint density at radius 3 is 2.00 bits per heavy atom. The van der Waals surface area contributed by atoms with Gasteiger partial charge in [0.15, 0.2) is 0 Å². The molecule has 2 rings (SSSR count). The Balaban J connectivity index is 2.24. The molecule has 2 aliphatic rings. The fraction of sp³-hybridized carbons (Fsp3) is 0.944. The summed E-state index contributed by atoms with van der Waals surface area (Å²) in [5.41, 5.74) is -0.300. The Morgan fingerprint density at radius 1 is 1.10 bits per heavy atom. The number of carbonyl (C=O) groups excluding carboxylic acids is 1. The first kappa shape index (κ1) is 15.9. The van der Waals surface area contributed by atoms with Crippen molar-refractivity contribution in [2.24, 2.45) is 16.7 Å². The third-order valence-corrected chi connectivity index (χ3v) is 6.57. The van der Waals surface area contributed by atoms with E-state index in [2.05, 4.69) is 20.8 Å². The minimum atomic E-state index is -0.358. The summed E-state index contributed by atoms with van der Waals surface area (Å²) in [6.45, 7) is 10.5. The Labute approximate surface area is 124 Å². The van der Waals surface area contributed by atoms with E-state index in [-0.39, 0.29) is 22.4 Å². The van der Waals surface area contributed by atoms with Gasteiger partial charge in [0, 0.05) is 5.41 Å². The monoisotopic (exact) mass is 280 g/mol. The molecule has 2 heteroatoms. The van der Waals surface area contributed by atoms with Crippen LogP contribution in [-0.2, 0) is 9.53 Å². The number of esters is 1. The third-order valence-electron chi connectivity index (χ3n) is 6.57. The fourth-order valence-corrected chi connectivity index (χ4v) is 4.55. The van der Waals surface area contributed by atoms with Crippen molar-refractivity contribution in [2.75, 3.05) is 0 Å². The first-order valence-corrected chi connectivity index (χ1v) is 8.58. The first-order chi connectivity index (χ1) is 9.35. The molecule has 0 aromatic rings. The molecule has 0 N–H and O–H groups in total. The number of hydrogen-bond acceptors (Lipinski definition) is 2. The van der Waals surface area contributed by atoms with Gasteiger partial charge >= 0.3 is 5.97 Å². The van der Waals surface area contributed by atoms with Gasteiger partial charge in [-0.25, -0.2) is 0 Å². The molecule has 0 amide bonds. The zero-order chi connectivity index (χ0) is 15.0. The van der Waals surface area contributed by atoms with Crippen molar-refractivity contribution in [1.82, 2.24) is 0 Å². The van der Waals surface area contributed by atoms with Crippen molar-refractivity contribution < 1.29 is 9.53 Å². The van der Waals surface area contributed by atoms with Gasteiger partial charge in [-0.05, 0) is 71.1 Å². The van der Waals surface area contributed by atoms with Crippen LogP contribution in [0, 0.1) is 16.7 Å². The van der Waals surface area contributed by atoms with Gasteiger partial charge in [-0.1, -0.05) is 20.8 Å². The lowest BCUT2D eigenvalue weighted by molar-refractivity contribution is -0.190. The van der Waals surface area contributed by atoms with Crippen LogP contribution in [0.15, 0.2) is 0 Å². The zero-order valence-corrected chi connectivity index (χ0v) is 14.1. The summed E-state index contributed by atoms with van der Waals surface area (Å²) < 4.78 is 6.26. The zero-order valence-electron chi connectivity index (χ0n) is 14.1. The highest BCUT2D eigenvalue weighted by atomic mass is 16.6. The Morgan fingerprint density at radius 2 is 1.65 bits per heavy atom. The van der Waals surface area contributed by atoms with Gasteiger partial charge in [0.25, 0.3) is 0 Å². The number of hydrogen-bond donors (Lipinski definition) is 0. The maximum Gasteiger partial charge on any atom is 0.312 e. The molecule has 20 heavy (non-hydrogen) atoms. The van der Waals surface area contributed by atoms with E-state index in [4.69, 9.17) is 4.74 Å². The van der Waals surface area contributed by atoms with Crippen molar-refractivity contribution in [1.29, 1.82) is 0 Å². The highest BCUT2D eigenvalue weighted by molar-refractivity contribution is 5.76. The molecule has 2 fully saturated rings. The molecule has 0 atom stereocenters. The molecule has 0 aliphatic heterocycles. The molecular formula is C18H32O2. The van der Waals surface area contributed by atoms with Crippen molar-refractivity contribution >= 4 is 5.97 Å². The molecule has 0 aromatic heterocycles. The molecule has 0 aromatic carbocycles. The van der Waals surface area contributed by atoms with E-state index in [1.165, 1.54) is 32.1 Å². The van der Waals surface area contributed by atoms with Gasteiger partial charge < -0.3 is 4.74 Å². The summed E-state index contributed by atoms with van der Waals surface area (Å²) in [6, 6.07) is 0. The van der Waals surface area contributed by atoms with Crippen LogP contribution in [0.4, 0.5) is 0 Å². The van der Waals surface area contributed by atoms with E-state index in [1.54, 1.807) is 0 Å². The van der Waals surface area contributed by atoms with Crippen LogP contribution in [0.3, 0.4) is 0 Å². The second kappa shape index (κ2) is 5.35. The molecule has 0 heterocycles. The Bertz CT molecular complexity index is 358. The number of fused-ring (bicyclic) bond motifs is 2. The second-order valence-electron chi connectivity index (χ2n) is 7.76. The standard InChI is InChI=1S/C18H32O2/c1-6-16(4,5)15(19)20-18(7-2,8-3)17-11-9-14(13-17)10-12-17/h14H,6-13H2,1-5H3. The number of ether oxygens (including phenoxy) is 1. The Kier molecular flexibility index (Phi) is 4.24. The summed E-state index contributed by atoms with van der Waals surface area (Å²) in [4.78, 5) is 12.6. The number of carbonyl (C=O) groups is 1. The van der Waals surface area contributed by atoms with Crippen LogP contribution < -0.4 is 0 Å². The normalized spacial score (nSPS) is 29.8. The third kappa shape index (κ3) is 2.29. The highest BCUT2D eigenvalue weighted by Gasteiger charge is 2.58. The molecule has 2 bridgehead atoms. The molecule has 0 unspecified atom stereocenters. The second-order valence-corrected chi connectivity index (χ2v) is 7.76. The summed E-state index contributed by atoms with van der Waals surface area (Å²) in [5.74, 6) is 0.902. The Hall–Kier alpha value is -0.530. The van der Waals surface area contributed by atoms with Gasteiger partial charge in [0.2, 0.25) is 0 Å². The van der Waals surface area contributed by atoms with E-state index in [9.17, 15) is 4.79 Å². The average molecular weight is 280 g/mol. The fourth-order valence-electron chi connectivity index (χ4n) is 4.55. The molecule has 2 nitrogen and oxygen atoms in total. The minimum Gasteiger partial charge on any atom is -0.458 e. The largest absolute Gasteiger partial charge is 0.458 e. The van der Waals surface area contributed by atoms with Crippen LogP contribution in [0.5, 0.6) is 0 Å². The van der Waals surface area contributed by atoms with Crippen LogP contribution in [0.2, 0.25) is 0 Å². The molecule has 2 aliphatic carbocycles. The first-order valence-electron chi connectivity index (χ1n) is 8.58. The topological polar surface area (TPSA) is 26.3 Å². The van der Waals surface area contributed by atoms with Crippen molar-refractivity contribution in [2.45, 2.75) is 91.6 Å². The van der Waals surface area contributed by atoms with E-state index in [0.29, 0.717) is 0 Å². The molecular weight excluding hydrogens is 248 g/mol. The summed E-state index contributed by atoms with van der Waals surface area (Å²) in [6.07, 6.45) is 9.26. The van der Waals surface area contributed by atoms with Crippen LogP contribution in [-0.4, -0.2) is 11.6 Å². The van der Waals surface area contributed by atoms with Crippen molar-refractivity contribution in [3.63, 3.8) is 0 Å². The van der Waals surface area contributed by atoms with Crippen molar-refractivity contribution in [3.05, 3.63) is 0 Å². The van der Waals surface area contributed by atoms with Crippen LogP contribution in [0.25, 0.3) is 0 Å². The summed E-state index contributed by atoms with van der Waals surface area (Å²) >= 11 is 0. The van der Waals surface area contributed by atoms with E-state index >= 15 is 0 Å². The van der Waals surface area contributed by atoms with E-state index < -0.39 is 0 Å². The molecule has 0 spiro atoms. The summed E-state index contributed by atoms with van der Waals surface area (Å²) in [7, 11) is 0. The maximum atomic E-state index is 12.6. The van der Waals surface area contributed by atoms with Gasteiger partial charge in [-0.15, -0.1) is 0 Å². The van der Waals surface area contributed by atoms with Crippen molar-refractivity contribution in [3.8, 4) is 0 Å². The van der Waals surface area contributed by atoms with E-state index in [0.717, 1.165) is 25.2 Å². The molecule has 0 radical (unpaired) electrons.